The van der Waals surface area contributed by atoms with Gasteiger partial charge in [0.2, 0.25) is 0 Å². The predicted molar refractivity (Wildman–Crippen MR) is 73.5 cm³/mol. The van der Waals surface area contributed by atoms with Gasteiger partial charge in [0.1, 0.15) is 5.75 Å². The van der Waals surface area contributed by atoms with Crippen LogP contribution in [0.5, 0.6) is 5.75 Å². The van der Waals surface area contributed by atoms with Crippen molar-refractivity contribution in [2.24, 2.45) is 0 Å². The molecule has 22 heavy (non-hydrogen) atoms. The van der Waals surface area contributed by atoms with Gasteiger partial charge >= 0.3 is 12.8 Å². The minimum absolute atomic E-state index is 0.0267. The number of rotatable bonds is 3. The molecule has 0 aliphatic carbocycles. The number of halogens is 7. The molecule has 0 heterocycles. The third-order valence-corrected chi connectivity index (χ3v) is 3.58. The molecular formula is C14H7Cl2F5O. The third kappa shape index (κ3) is 3.62. The maximum Gasteiger partial charge on any atom is 0.417 e. The summed E-state index contributed by atoms with van der Waals surface area (Å²) in [6, 6.07) is 6.45. The van der Waals surface area contributed by atoms with Gasteiger partial charge in [0, 0.05) is 5.56 Å². The second-order valence-corrected chi connectivity index (χ2v) is 4.97. The molecule has 2 aromatic carbocycles. The third-order valence-electron chi connectivity index (χ3n) is 2.76. The first kappa shape index (κ1) is 16.8. The molecule has 0 aliphatic rings. The van der Waals surface area contributed by atoms with Gasteiger partial charge in [0.25, 0.3) is 0 Å². The maximum absolute atomic E-state index is 13.1. The summed E-state index contributed by atoms with van der Waals surface area (Å²) in [6.07, 6.45) is -4.69. The fourth-order valence-corrected chi connectivity index (χ4v) is 2.28. The van der Waals surface area contributed by atoms with Gasteiger partial charge in [-0.25, -0.2) is 0 Å². The van der Waals surface area contributed by atoms with Crippen molar-refractivity contribution in [1.82, 2.24) is 0 Å². The molecule has 0 aliphatic heterocycles. The first-order valence-electron chi connectivity index (χ1n) is 5.80. The van der Waals surface area contributed by atoms with E-state index in [2.05, 4.69) is 4.74 Å². The lowest BCUT2D eigenvalue weighted by atomic mass is 9.99. The van der Waals surface area contributed by atoms with E-state index < -0.39 is 29.7 Å². The molecule has 0 radical (unpaired) electrons. The summed E-state index contributed by atoms with van der Waals surface area (Å²) in [5, 5.41) is -0.0589. The smallest absolute Gasteiger partial charge is 0.417 e. The van der Waals surface area contributed by atoms with Crippen LogP contribution in [-0.4, -0.2) is 6.61 Å². The highest BCUT2D eigenvalue weighted by atomic mass is 35.5. The number of hydrogen-bond donors (Lipinski definition) is 0. The highest BCUT2D eigenvalue weighted by Crippen LogP contribution is 2.42. The standard InChI is InChI=1S/C14H7Cl2F5O/c15-11-3-1-2-8(12(11)16)9-6-7(22-13(17)18)4-5-10(9)14(19,20)21/h1-6,13H. The Labute approximate surface area is 132 Å². The van der Waals surface area contributed by atoms with Gasteiger partial charge in [-0.2, -0.15) is 22.0 Å². The van der Waals surface area contributed by atoms with Crippen molar-refractivity contribution in [2.45, 2.75) is 12.8 Å². The summed E-state index contributed by atoms with van der Waals surface area (Å²) in [7, 11) is 0. The Hall–Kier alpha value is -1.53. The molecule has 0 amide bonds. The Morgan fingerprint density at radius 2 is 1.64 bits per heavy atom. The summed E-state index contributed by atoms with van der Waals surface area (Å²) in [4.78, 5) is 0. The van der Waals surface area contributed by atoms with Crippen LogP contribution in [0.3, 0.4) is 0 Å². The van der Waals surface area contributed by atoms with Gasteiger partial charge in [-0.3, -0.25) is 0 Å². The van der Waals surface area contributed by atoms with Crippen molar-refractivity contribution in [1.29, 1.82) is 0 Å². The lowest BCUT2D eigenvalue weighted by Gasteiger charge is -2.16. The first-order valence-corrected chi connectivity index (χ1v) is 6.56. The van der Waals surface area contributed by atoms with Crippen LogP contribution in [0.4, 0.5) is 22.0 Å². The Bertz CT molecular complexity index is 685. The zero-order chi connectivity index (χ0) is 16.5. The van der Waals surface area contributed by atoms with Crippen molar-refractivity contribution in [3.05, 3.63) is 52.0 Å². The lowest BCUT2D eigenvalue weighted by molar-refractivity contribution is -0.137. The van der Waals surface area contributed by atoms with Crippen LogP contribution in [0.15, 0.2) is 36.4 Å². The molecule has 0 atom stereocenters. The van der Waals surface area contributed by atoms with E-state index in [1.54, 1.807) is 0 Å². The van der Waals surface area contributed by atoms with Crippen molar-refractivity contribution < 1.29 is 26.7 Å². The van der Waals surface area contributed by atoms with Crippen LogP contribution in [0, 0.1) is 0 Å². The van der Waals surface area contributed by atoms with E-state index in [-0.39, 0.29) is 15.6 Å². The van der Waals surface area contributed by atoms with Gasteiger partial charge in [0.05, 0.1) is 15.6 Å². The molecule has 0 saturated heterocycles. The average Bonchev–Trinajstić information content (AvgIpc) is 2.40. The van der Waals surface area contributed by atoms with Gasteiger partial charge in [0.15, 0.2) is 0 Å². The lowest BCUT2D eigenvalue weighted by Crippen LogP contribution is -2.09. The maximum atomic E-state index is 13.1. The van der Waals surface area contributed by atoms with Crippen LogP contribution in [-0.2, 0) is 6.18 Å². The molecule has 0 spiro atoms. The molecule has 0 aromatic heterocycles. The molecule has 118 valence electrons. The van der Waals surface area contributed by atoms with E-state index in [1.165, 1.54) is 18.2 Å². The predicted octanol–water partition coefficient (Wildman–Crippen LogP) is 6.28. The molecule has 0 unspecified atom stereocenters. The highest BCUT2D eigenvalue weighted by molar-refractivity contribution is 6.43. The minimum Gasteiger partial charge on any atom is -0.435 e. The van der Waals surface area contributed by atoms with E-state index in [0.717, 1.165) is 12.1 Å². The second-order valence-electron chi connectivity index (χ2n) is 4.19. The Kier molecular flexibility index (Phi) is 4.82. The second kappa shape index (κ2) is 6.30. The van der Waals surface area contributed by atoms with Crippen molar-refractivity contribution in [3.8, 4) is 16.9 Å². The Morgan fingerprint density at radius 3 is 2.23 bits per heavy atom. The Morgan fingerprint density at radius 1 is 0.955 bits per heavy atom. The van der Waals surface area contributed by atoms with E-state index in [1.807, 2.05) is 0 Å². The van der Waals surface area contributed by atoms with Crippen LogP contribution >= 0.6 is 23.2 Å². The van der Waals surface area contributed by atoms with Crippen LogP contribution in [0.25, 0.3) is 11.1 Å². The molecule has 1 nitrogen and oxygen atoms in total. The van der Waals surface area contributed by atoms with Gasteiger partial charge in [-0.05, 0) is 29.8 Å². The molecule has 0 fully saturated rings. The normalized spacial score (nSPS) is 11.8. The van der Waals surface area contributed by atoms with E-state index >= 15 is 0 Å². The van der Waals surface area contributed by atoms with Crippen LogP contribution in [0.2, 0.25) is 10.0 Å². The number of benzene rings is 2. The fourth-order valence-electron chi connectivity index (χ4n) is 1.88. The summed E-state index contributed by atoms with van der Waals surface area (Å²) in [5.74, 6) is -0.408. The summed E-state index contributed by atoms with van der Waals surface area (Å²) in [6.45, 7) is -3.15. The van der Waals surface area contributed by atoms with Gasteiger partial charge in [-0.1, -0.05) is 35.3 Å². The van der Waals surface area contributed by atoms with Crippen molar-refractivity contribution in [3.63, 3.8) is 0 Å². The molecule has 2 rings (SSSR count). The quantitative estimate of drug-likeness (QED) is 0.588. The van der Waals surface area contributed by atoms with Crippen molar-refractivity contribution >= 4 is 23.2 Å². The van der Waals surface area contributed by atoms with E-state index in [4.69, 9.17) is 23.2 Å². The average molecular weight is 357 g/mol. The summed E-state index contributed by atoms with van der Waals surface area (Å²) >= 11 is 11.7. The largest absolute Gasteiger partial charge is 0.435 e. The van der Waals surface area contributed by atoms with E-state index in [9.17, 15) is 22.0 Å². The molecule has 2 aromatic rings. The molecule has 0 N–H and O–H groups in total. The SMILES string of the molecule is FC(F)Oc1ccc(C(F)(F)F)c(-c2cccc(Cl)c2Cl)c1. The summed E-state index contributed by atoms with van der Waals surface area (Å²) < 4.78 is 67.9. The van der Waals surface area contributed by atoms with Gasteiger partial charge in [-0.15, -0.1) is 0 Å². The van der Waals surface area contributed by atoms with Crippen molar-refractivity contribution in [2.75, 3.05) is 0 Å². The summed E-state index contributed by atoms with van der Waals surface area (Å²) in [5.41, 5.74) is -1.45. The fraction of sp³-hybridized carbons (Fsp3) is 0.143. The monoisotopic (exact) mass is 356 g/mol. The zero-order valence-electron chi connectivity index (χ0n) is 10.6. The number of hydrogen-bond acceptors (Lipinski definition) is 1. The topological polar surface area (TPSA) is 9.23 Å². The zero-order valence-corrected chi connectivity index (χ0v) is 12.1. The highest BCUT2D eigenvalue weighted by Gasteiger charge is 2.34. The molecular weight excluding hydrogens is 350 g/mol. The van der Waals surface area contributed by atoms with Crippen LogP contribution < -0.4 is 4.74 Å². The number of alkyl halides is 5. The minimum atomic E-state index is -4.69. The number of ether oxygens (including phenoxy) is 1. The molecule has 8 heteroatoms. The van der Waals surface area contributed by atoms with Gasteiger partial charge < -0.3 is 4.74 Å². The Balaban J connectivity index is 2.66. The first-order chi connectivity index (χ1) is 10.2. The van der Waals surface area contributed by atoms with E-state index in [0.29, 0.717) is 6.07 Å². The molecule has 0 saturated carbocycles. The van der Waals surface area contributed by atoms with Crippen LogP contribution in [0.1, 0.15) is 5.56 Å². The molecule has 0 bridgehead atoms.